The Morgan fingerprint density at radius 1 is 1.24 bits per heavy atom. The van der Waals surface area contributed by atoms with Gasteiger partial charge in [-0.25, -0.2) is 0 Å². The lowest BCUT2D eigenvalue weighted by atomic mass is 9.89. The second-order valence-electron chi connectivity index (χ2n) is 6.17. The maximum atomic E-state index is 3.76. The highest BCUT2D eigenvalue weighted by atomic mass is 15.2. The smallest absolute Gasteiger partial charge is 0.0306 e. The summed E-state index contributed by atoms with van der Waals surface area (Å²) in [5.41, 5.74) is 0.456. The van der Waals surface area contributed by atoms with Gasteiger partial charge in [0.25, 0.3) is 0 Å². The van der Waals surface area contributed by atoms with Gasteiger partial charge >= 0.3 is 0 Å². The van der Waals surface area contributed by atoms with Crippen molar-refractivity contribution in [2.45, 2.75) is 64.3 Å². The molecule has 0 amide bonds. The van der Waals surface area contributed by atoms with Crippen LogP contribution >= 0.6 is 0 Å². The molecule has 2 heterocycles. The van der Waals surface area contributed by atoms with E-state index in [-0.39, 0.29) is 0 Å². The van der Waals surface area contributed by atoms with Crippen molar-refractivity contribution < 1.29 is 0 Å². The Morgan fingerprint density at radius 3 is 2.53 bits per heavy atom. The van der Waals surface area contributed by atoms with Gasteiger partial charge in [0.2, 0.25) is 0 Å². The number of piperidine rings is 1. The Balaban J connectivity index is 1.77. The predicted molar refractivity (Wildman–Crippen MR) is 74.3 cm³/mol. The zero-order valence-corrected chi connectivity index (χ0v) is 11.8. The summed E-state index contributed by atoms with van der Waals surface area (Å²) in [6.45, 7) is 9.88. The van der Waals surface area contributed by atoms with E-state index in [2.05, 4.69) is 24.1 Å². The van der Waals surface area contributed by atoms with Crippen LogP contribution in [0.3, 0.4) is 0 Å². The number of hydrogen-bond donors (Lipinski definition) is 1. The number of rotatable bonds is 5. The van der Waals surface area contributed by atoms with E-state index < -0.39 is 0 Å². The summed E-state index contributed by atoms with van der Waals surface area (Å²) in [7, 11) is 0. The summed E-state index contributed by atoms with van der Waals surface area (Å²) in [5.74, 6) is 1.02. The molecule has 0 radical (unpaired) electrons. The fourth-order valence-electron chi connectivity index (χ4n) is 3.69. The third-order valence-electron chi connectivity index (χ3n) is 4.94. The molecule has 0 spiro atoms. The molecule has 2 rings (SSSR count). The van der Waals surface area contributed by atoms with Crippen LogP contribution in [0.2, 0.25) is 0 Å². The van der Waals surface area contributed by atoms with Gasteiger partial charge in [0.05, 0.1) is 0 Å². The van der Waals surface area contributed by atoms with Gasteiger partial charge in [0.1, 0.15) is 0 Å². The molecule has 100 valence electrons. The molecule has 2 aliphatic rings. The quantitative estimate of drug-likeness (QED) is 0.792. The second kappa shape index (κ2) is 6.19. The van der Waals surface area contributed by atoms with Crippen LogP contribution in [0.15, 0.2) is 0 Å². The van der Waals surface area contributed by atoms with Crippen LogP contribution in [0, 0.1) is 5.92 Å². The Hall–Kier alpha value is -0.0800. The van der Waals surface area contributed by atoms with Crippen LogP contribution in [0.25, 0.3) is 0 Å². The first kappa shape index (κ1) is 13.4. The summed E-state index contributed by atoms with van der Waals surface area (Å²) < 4.78 is 0. The van der Waals surface area contributed by atoms with Crippen LogP contribution < -0.4 is 5.32 Å². The van der Waals surface area contributed by atoms with Crippen molar-refractivity contribution in [1.29, 1.82) is 0 Å². The van der Waals surface area contributed by atoms with Gasteiger partial charge in [0.15, 0.2) is 0 Å². The van der Waals surface area contributed by atoms with Gasteiger partial charge in [-0.05, 0) is 57.7 Å². The highest BCUT2D eigenvalue weighted by molar-refractivity contribution is 4.95. The van der Waals surface area contributed by atoms with Crippen LogP contribution in [0.5, 0.6) is 0 Å². The Bertz CT molecular complexity index is 213. The summed E-state index contributed by atoms with van der Waals surface area (Å²) >= 11 is 0. The van der Waals surface area contributed by atoms with E-state index in [0.717, 1.165) is 5.92 Å². The van der Waals surface area contributed by atoms with Crippen LogP contribution in [0.1, 0.15) is 58.8 Å². The molecule has 2 heteroatoms. The summed E-state index contributed by atoms with van der Waals surface area (Å²) in [6.07, 6.45) is 9.75. The summed E-state index contributed by atoms with van der Waals surface area (Å²) in [6, 6.07) is 0. The molecule has 1 unspecified atom stereocenters. The third-order valence-corrected chi connectivity index (χ3v) is 4.94. The zero-order chi connectivity index (χ0) is 12.1. The van der Waals surface area contributed by atoms with Crippen molar-refractivity contribution in [3.63, 3.8) is 0 Å². The van der Waals surface area contributed by atoms with Crippen molar-refractivity contribution in [2.24, 2.45) is 5.92 Å². The van der Waals surface area contributed by atoms with E-state index >= 15 is 0 Å². The molecular weight excluding hydrogens is 208 g/mol. The zero-order valence-electron chi connectivity index (χ0n) is 11.8. The number of likely N-dealkylation sites (tertiary alicyclic amines) is 1. The predicted octanol–water partition coefficient (Wildman–Crippen LogP) is 3.03. The monoisotopic (exact) mass is 238 g/mol. The molecule has 1 atom stereocenters. The van der Waals surface area contributed by atoms with E-state index in [1.54, 1.807) is 0 Å². The van der Waals surface area contributed by atoms with Crippen molar-refractivity contribution >= 4 is 0 Å². The van der Waals surface area contributed by atoms with Crippen molar-refractivity contribution in [2.75, 3.05) is 26.2 Å². The maximum Gasteiger partial charge on any atom is 0.0306 e. The number of nitrogens with one attached hydrogen (secondary N) is 1. The van der Waals surface area contributed by atoms with Crippen molar-refractivity contribution in [3.8, 4) is 0 Å². The van der Waals surface area contributed by atoms with Gasteiger partial charge in [-0.2, -0.15) is 0 Å². The van der Waals surface area contributed by atoms with E-state index in [1.165, 1.54) is 71.1 Å². The molecule has 17 heavy (non-hydrogen) atoms. The number of hydrogen-bond acceptors (Lipinski definition) is 2. The second-order valence-corrected chi connectivity index (χ2v) is 6.17. The molecule has 0 aliphatic carbocycles. The SMILES string of the molecule is CCCC1CCN(CC2(CC)CCCN2)CC1. The van der Waals surface area contributed by atoms with Gasteiger partial charge < -0.3 is 10.2 Å². The average molecular weight is 238 g/mol. The lowest BCUT2D eigenvalue weighted by Crippen LogP contribution is -2.51. The van der Waals surface area contributed by atoms with Gasteiger partial charge in [0, 0.05) is 12.1 Å². The third kappa shape index (κ3) is 3.45. The van der Waals surface area contributed by atoms with Gasteiger partial charge in [-0.1, -0.05) is 26.7 Å². The highest BCUT2D eigenvalue weighted by Crippen LogP contribution is 2.27. The molecular formula is C15H30N2. The Kier molecular flexibility index (Phi) is 4.87. The molecule has 2 fully saturated rings. The van der Waals surface area contributed by atoms with Gasteiger partial charge in [-0.15, -0.1) is 0 Å². The number of nitrogens with zero attached hydrogens (tertiary/aromatic N) is 1. The lowest BCUT2D eigenvalue weighted by molar-refractivity contribution is 0.133. The molecule has 1 N–H and O–H groups in total. The Morgan fingerprint density at radius 2 is 2.00 bits per heavy atom. The average Bonchev–Trinajstić information content (AvgIpc) is 2.81. The van der Waals surface area contributed by atoms with E-state index in [9.17, 15) is 0 Å². The van der Waals surface area contributed by atoms with Crippen LogP contribution in [-0.4, -0.2) is 36.6 Å². The molecule has 0 aromatic carbocycles. The van der Waals surface area contributed by atoms with E-state index in [4.69, 9.17) is 0 Å². The van der Waals surface area contributed by atoms with Crippen LogP contribution in [-0.2, 0) is 0 Å². The molecule has 2 nitrogen and oxygen atoms in total. The highest BCUT2D eigenvalue weighted by Gasteiger charge is 2.34. The molecule has 0 bridgehead atoms. The van der Waals surface area contributed by atoms with Gasteiger partial charge in [-0.3, -0.25) is 0 Å². The minimum Gasteiger partial charge on any atom is -0.310 e. The fraction of sp³-hybridized carbons (Fsp3) is 1.00. The Labute approximate surface area is 107 Å². The van der Waals surface area contributed by atoms with Crippen molar-refractivity contribution in [3.05, 3.63) is 0 Å². The lowest BCUT2D eigenvalue weighted by Gasteiger charge is -2.39. The first-order chi connectivity index (χ1) is 8.28. The molecule has 2 saturated heterocycles. The van der Waals surface area contributed by atoms with Crippen molar-refractivity contribution in [1.82, 2.24) is 10.2 Å². The molecule has 0 saturated carbocycles. The maximum absolute atomic E-state index is 3.76. The van der Waals surface area contributed by atoms with Crippen LogP contribution in [0.4, 0.5) is 0 Å². The minimum absolute atomic E-state index is 0.456. The summed E-state index contributed by atoms with van der Waals surface area (Å²) in [4.78, 5) is 2.72. The summed E-state index contributed by atoms with van der Waals surface area (Å²) in [5, 5.41) is 3.76. The largest absolute Gasteiger partial charge is 0.310 e. The first-order valence-corrected chi connectivity index (χ1v) is 7.75. The molecule has 0 aromatic rings. The van der Waals surface area contributed by atoms with E-state index in [1.807, 2.05) is 0 Å². The standard InChI is InChI=1S/C15H30N2/c1-3-6-14-7-11-17(12-8-14)13-15(4-2)9-5-10-16-15/h14,16H,3-13H2,1-2H3. The molecule has 2 aliphatic heterocycles. The molecule has 0 aromatic heterocycles. The normalized spacial score (nSPS) is 32.1. The fourth-order valence-corrected chi connectivity index (χ4v) is 3.69. The minimum atomic E-state index is 0.456. The topological polar surface area (TPSA) is 15.3 Å². The first-order valence-electron chi connectivity index (χ1n) is 7.75. The van der Waals surface area contributed by atoms with E-state index in [0.29, 0.717) is 5.54 Å².